The average Bonchev–Trinajstić information content (AvgIpc) is 2.98. The molecule has 2 aromatic carbocycles. The summed E-state index contributed by atoms with van der Waals surface area (Å²) in [5.74, 6) is -0.259. The zero-order valence-electron chi connectivity index (χ0n) is 17.0. The van der Waals surface area contributed by atoms with Crippen molar-refractivity contribution in [2.24, 2.45) is 0 Å². The first-order chi connectivity index (χ1) is 14.2. The molecule has 0 radical (unpaired) electrons. The molecule has 1 aliphatic heterocycles. The van der Waals surface area contributed by atoms with Crippen molar-refractivity contribution in [1.29, 1.82) is 0 Å². The Morgan fingerprint density at radius 1 is 1.07 bits per heavy atom. The molecule has 2 N–H and O–H groups in total. The van der Waals surface area contributed by atoms with E-state index in [4.69, 9.17) is 0 Å². The maximum Gasteiger partial charge on any atom is 0.318 e. The summed E-state index contributed by atoms with van der Waals surface area (Å²) in [6.07, 6.45) is 6.34. The normalized spacial score (nSPS) is 24.5. The van der Waals surface area contributed by atoms with Gasteiger partial charge in [0.2, 0.25) is 0 Å². The van der Waals surface area contributed by atoms with Gasteiger partial charge < -0.3 is 15.5 Å². The van der Waals surface area contributed by atoms with Gasteiger partial charge in [-0.1, -0.05) is 49.2 Å². The lowest BCUT2D eigenvalue weighted by atomic mass is 9.88. The van der Waals surface area contributed by atoms with Crippen LogP contribution in [0.2, 0.25) is 0 Å². The van der Waals surface area contributed by atoms with Crippen molar-refractivity contribution in [2.45, 2.75) is 56.7 Å². The number of amides is 2. The van der Waals surface area contributed by atoms with Gasteiger partial charge in [-0.25, -0.2) is 9.18 Å². The van der Waals surface area contributed by atoms with Gasteiger partial charge in [-0.3, -0.25) is 0 Å². The molecule has 1 saturated carbocycles. The van der Waals surface area contributed by atoms with Gasteiger partial charge >= 0.3 is 6.03 Å². The number of carbonyl (C=O) groups excluding carboxylic acids is 1. The van der Waals surface area contributed by atoms with Gasteiger partial charge in [0.05, 0.1) is 6.04 Å². The Hall–Kier alpha value is -2.40. The number of nitrogens with zero attached hydrogens (tertiary/aromatic N) is 1. The fourth-order valence-electron chi connectivity index (χ4n) is 4.80. The number of carbonyl (C=O) groups is 1. The van der Waals surface area contributed by atoms with Crippen LogP contribution in [0.3, 0.4) is 0 Å². The summed E-state index contributed by atoms with van der Waals surface area (Å²) in [5.41, 5.74) is 3.34. The first-order valence-electron chi connectivity index (χ1n) is 10.7. The zero-order valence-corrected chi connectivity index (χ0v) is 17.0. The molecule has 4 rings (SSSR count). The molecule has 2 aliphatic rings. The van der Waals surface area contributed by atoms with Gasteiger partial charge in [0.15, 0.2) is 0 Å². The lowest BCUT2D eigenvalue weighted by Crippen LogP contribution is -2.50. The largest absolute Gasteiger partial charge is 0.335 e. The molecule has 4 nitrogen and oxygen atoms in total. The van der Waals surface area contributed by atoms with Crippen LogP contribution in [0.4, 0.5) is 9.18 Å². The lowest BCUT2D eigenvalue weighted by molar-refractivity contribution is 0.174. The van der Waals surface area contributed by atoms with Crippen LogP contribution in [-0.4, -0.2) is 36.6 Å². The molecule has 29 heavy (non-hydrogen) atoms. The second-order valence-corrected chi connectivity index (χ2v) is 8.25. The molecule has 2 amide bonds. The molecule has 0 unspecified atom stereocenters. The Bertz CT molecular complexity index is 845. The standard InChI is InChI=1S/C24H30FN3O.H2/c1-26-20-7-3-4-8-21(16-20)27-24(29)28-15-14-17-6-2-5-9-22(17)23(28)18-10-12-19(25)13-11-18;/h2,5-6,9-13,20-21,23,26H,3-4,7-8,14-16H2,1H3,(H,27,29);1H/t20-,21+,23-;/m0./s1. The first-order valence-corrected chi connectivity index (χ1v) is 10.7. The minimum absolute atomic E-state index is 0. The quantitative estimate of drug-likeness (QED) is 0.741. The third kappa shape index (κ3) is 4.45. The highest BCUT2D eigenvalue weighted by Crippen LogP contribution is 2.35. The Morgan fingerprint density at radius 3 is 2.55 bits per heavy atom. The van der Waals surface area contributed by atoms with E-state index in [0.717, 1.165) is 43.2 Å². The SMILES string of the molecule is CN[C@H]1CCCC[C@@H](NC(=O)N2CCc3ccccc3[C@@H]2c2ccc(F)cc2)C1.[HH]. The van der Waals surface area contributed by atoms with Gasteiger partial charge in [-0.15, -0.1) is 0 Å². The third-order valence-corrected chi connectivity index (χ3v) is 6.39. The van der Waals surface area contributed by atoms with Gasteiger partial charge in [-0.2, -0.15) is 0 Å². The maximum atomic E-state index is 13.5. The van der Waals surface area contributed by atoms with E-state index >= 15 is 0 Å². The molecular formula is C24H32FN3O. The number of urea groups is 1. The summed E-state index contributed by atoms with van der Waals surface area (Å²) >= 11 is 0. The van der Waals surface area contributed by atoms with Crippen molar-refractivity contribution in [3.05, 3.63) is 71.0 Å². The van der Waals surface area contributed by atoms with Gasteiger partial charge in [-0.05, 0) is 61.6 Å². The maximum absolute atomic E-state index is 13.5. The van der Waals surface area contributed by atoms with Crippen molar-refractivity contribution in [3.63, 3.8) is 0 Å². The number of hydrogen-bond acceptors (Lipinski definition) is 2. The molecule has 1 fully saturated rings. The molecule has 2 aromatic rings. The van der Waals surface area contributed by atoms with Crippen molar-refractivity contribution in [1.82, 2.24) is 15.5 Å². The number of hydrogen-bond donors (Lipinski definition) is 2. The highest BCUT2D eigenvalue weighted by atomic mass is 19.1. The van der Waals surface area contributed by atoms with Crippen LogP contribution in [0.25, 0.3) is 0 Å². The van der Waals surface area contributed by atoms with E-state index in [9.17, 15) is 9.18 Å². The third-order valence-electron chi connectivity index (χ3n) is 6.39. The Labute approximate surface area is 174 Å². The predicted octanol–water partition coefficient (Wildman–Crippen LogP) is 4.65. The molecule has 0 saturated heterocycles. The van der Waals surface area contributed by atoms with Crippen LogP contribution < -0.4 is 10.6 Å². The highest BCUT2D eigenvalue weighted by molar-refractivity contribution is 5.76. The molecule has 0 bridgehead atoms. The van der Waals surface area contributed by atoms with Crippen LogP contribution in [0, 0.1) is 5.82 Å². The smallest absolute Gasteiger partial charge is 0.318 e. The minimum Gasteiger partial charge on any atom is -0.335 e. The monoisotopic (exact) mass is 397 g/mol. The topological polar surface area (TPSA) is 44.4 Å². The second kappa shape index (κ2) is 8.95. The van der Waals surface area contributed by atoms with Crippen LogP contribution in [0.1, 0.15) is 56.3 Å². The van der Waals surface area contributed by atoms with E-state index in [1.165, 1.54) is 24.1 Å². The van der Waals surface area contributed by atoms with Crippen molar-refractivity contribution in [2.75, 3.05) is 13.6 Å². The number of halogens is 1. The Morgan fingerprint density at radius 2 is 1.79 bits per heavy atom. The number of benzene rings is 2. The Balaban J connectivity index is 0.00000256. The molecular weight excluding hydrogens is 365 g/mol. The fourth-order valence-corrected chi connectivity index (χ4v) is 4.80. The van der Waals surface area contributed by atoms with Crippen molar-refractivity contribution in [3.8, 4) is 0 Å². The Kier molecular flexibility index (Phi) is 6.14. The van der Waals surface area contributed by atoms with Gasteiger partial charge in [0, 0.05) is 20.1 Å². The summed E-state index contributed by atoms with van der Waals surface area (Å²) in [6, 6.07) is 15.3. The van der Waals surface area contributed by atoms with Crippen LogP contribution in [0.5, 0.6) is 0 Å². The van der Waals surface area contributed by atoms with Crippen LogP contribution in [0.15, 0.2) is 48.5 Å². The number of rotatable bonds is 3. The van der Waals surface area contributed by atoms with Crippen LogP contribution >= 0.6 is 0 Å². The zero-order chi connectivity index (χ0) is 20.2. The predicted molar refractivity (Wildman–Crippen MR) is 115 cm³/mol. The van der Waals surface area contributed by atoms with E-state index in [-0.39, 0.29) is 25.4 Å². The molecule has 5 heteroatoms. The van der Waals surface area contributed by atoms with Gasteiger partial charge in [0.25, 0.3) is 0 Å². The lowest BCUT2D eigenvalue weighted by Gasteiger charge is -2.38. The highest BCUT2D eigenvalue weighted by Gasteiger charge is 2.33. The molecule has 3 atom stereocenters. The fraction of sp³-hybridized carbons (Fsp3) is 0.458. The molecule has 1 aliphatic carbocycles. The van der Waals surface area contributed by atoms with E-state index in [1.807, 2.05) is 24.1 Å². The van der Waals surface area contributed by atoms with Crippen molar-refractivity contribution < 1.29 is 10.6 Å². The van der Waals surface area contributed by atoms with E-state index in [0.29, 0.717) is 12.6 Å². The molecule has 1 heterocycles. The minimum atomic E-state index is -0.259. The van der Waals surface area contributed by atoms with E-state index < -0.39 is 0 Å². The van der Waals surface area contributed by atoms with E-state index in [2.05, 4.69) is 22.8 Å². The molecule has 0 spiro atoms. The summed E-state index contributed by atoms with van der Waals surface area (Å²) < 4.78 is 13.5. The number of fused-ring (bicyclic) bond motifs is 1. The second-order valence-electron chi connectivity index (χ2n) is 8.25. The molecule has 156 valence electrons. The van der Waals surface area contributed by atoms with Crippen LogP contribution in [-0.2, 0) is 6.42 Å². The summed E-state index contributed by atoms with van der Waals surface area (Å²) in [6.45, 7) is 0.660. The van der Waals surface area contributed by atoms with Gasteiger partial charge in [0.1, 0.15) is 5.82 Å². The molecule has 0 aromatic heterocycles. The van der Waals surface area contributed by atoms with Crippen molar-refractivity contribution >= 4 is 6.03 Å². The first kappa shape index (κ1) is 19.9. The summed E-state index contributed by atoms with van der Waals surface area (Å²) in [5, 5.41) is 6.69. The summed E-state index contributed by atoms with van der Waals surface area (Å²) in [4.78, 5) is 15.3. The van der Waals surface area contributed by atoms with E-state index in [1.54, 1.807) is 12.1 Å². The number of nitrogens with one attached hydrogen (secondary N) is 2. The average molecular weight is 398 g/mol. The summed E-state index contributed by atoms with van der Waals surface area (Å²) in [7, 11) is 2.00.